The van der Waals surface area contributed by atoms with E-state index in [1.165, 1.54) is 12.8 Å². The topological polar surface area (TPSA) is 96.9 Å². The molecule has 2 aromatic heterocycles. The molecule has 37 heavy (non-hydrogen) atoms. The second-order valence-electron chi connectivity index (χ2n) is 11.0. The molecule has 7 heteroatoms. The monoisotopic (exact) mass is 488 g/mol. The van der Waals surface area contributed by atoms with Gasteiger partial charge in [-0.1, -0.05) is 12.1 Å². The van der Waals surface area contributed by atoms with Crippen LogP contribution in [-0.4, -0.2) is 46.5 Å². The maximum absolute atomic E-state index is 13.0. The summed E-state index contributed by atoms with van der Waals surface area (Å²) >= 11 is 0. The molecule has 0 spiro atoms. The number of pyridine rings is 2. The lowest BCUT2D eigenvalue weighted by atomic mass is 9.95. The van der Waals surface area contributed by atoms with Crippen molar-refractivity contribution in [1.29, 1.82) is 10.5 Å². The van der Waals surface area contributed by atoms with Crippen LogP contribution in [0.3, 0.4) is 0 Å². The highest BCUT2D eigenvalue weighted by Crippen LogP contribution is 2.46. The summed E-state index contributed by atoms with van der Waals surface area (Å²) < 4.78 is 0. The van der Waals surface area contributed by atoms with Crippen LogP contribution >= 0.6 is 0 Å². The number of rotatable bonds is 5. The van der Waals surface area contributed by atoms with Crippen LogP contribution in [0, 0.1) is 34.5 Å². The standard InChI is InChI=1S/C30H28N6O/c31-15-21-14-25(23-2-1-3-26-24(23)11-10-22(16-32)33-26)28(19-6-7-19)34-29(21)35-12-13-36(30(37)20-8-9-20)27(17-35)18-4-5-18/h1-3,10-11,14,18-20,27H,4-9,12-13,17H2/t27-/m0/s1. The third kappa shape index (κ3) is 4.00. The Morgan fingerprint density at radius 1 is 0.919 bits per heavy atom. The molecule has 4 aliphatic rings. The Morgan fingerprint density at radius 3 is 2.46 bits per heavy atom. The van der Waals surface area contributed by atoms with Gasteiger partial charge in [-0.2, -0.15) is 10.5 Å². The van der Waals surface area contributed by atoms with Gasteiger partial charge in [-0.25, -0.2) is 9.97 Å². The average Bonchev–Trinajstić information content (AvgIpc) is 3.80. The van der Waals surface area contributed by atoms with E-state index >= 15 is 0 Å². The number of aromatic nitrogens is 2. The van der Waals surface area contributed by atoms with Crippen LogP contribution < -0.4 is 4.90 Å². The van der Waals surface area contributed by atoms with Crippen molar-refractivity contribution in [3.05, 3.63) is 53.3 Å². The van der Waals surface area contributed by atoms with E-state index in [4.69, 9.17) is 4.98 Å². The first kappa shape index (κ1) is 22.2. The van der Waals surface area contributed by atoms with Crippen molar-refractivity contribution in [3.8, 4) is 23.3 Å². The highest BCUT2D eigenvalue weighted by molar-refractivity contribution is 5.96. The Kier molecular flexibility index (Phi) is 5.15. The van der Waals surface area contributed by atoms with Gasteiger partial charge in [0.05, 0.1) is 22.8 Å². The number of fused-ring (bicyclic) bond motifs is 1. The van der Waals surface area contributed by atoms with E-state index in [1.54, 1.807) is 6.07 Å². The van der Waals surface area contributed by atoms with Gasteiger partial charge in [-0.15, -0.1) is 0 Å². The van der Waals surface area contributed by atoms with Gasteiger partial charge in [0, 0.05) is 42.4 Å². The SMILES string of the molecule is N#Cc1ccc2c(-c3cc(C#N)c(N4CCN(C(=O)C5CC5)[C@H](C5CC5)C4)nc3C3CC3)cccc2n1. The first-order valence-corrected chi connectivity index (χ1v) is 13.5. The zero-order chi connectivity index (χ0) is 25.1. The van der Waals surface area contributed by atoms with E-state index in [1.807, 2.05) is 24.3 Å². The number of hydrogen-bond acceptors (Lipinski definition) is 6. The summed E-state index contributed by atoms with van der Waals surface area (Å²) in [6.07, 6.45) is 6.62. The van der Waals surface area contributed by atoms with E-state index in [0.29, 0.717) is 42.1 Å². The Hall–Kier alpha value is -3.97. The van der Waals surface area contributed by atoms with E-state index in [0.717, 1.165) is 65.8 Å². The second-order valence-corrected chi connectivity index (χ2v) is 11.0. The quantitative estimate of drug-likeness (QED) is 0.514. The third-order valence-corrected chi connectivity index (χ3v) is 8.35. The molecule has 184 valence electrons. The molecule has 0 radical (unpaired) electrons. The maximum Gasteiger partial charge on any atom is 0.226 e. The molecule has 1 atom stereocenters. The van der Waals surface area contributed by atoms with Gasteiger partial charge in [0.25, 0.3) is 0 Å². The molecular formula is C30H28N6O. The third-order valence-electron chi connectivity index (χ3n) is 8.35. The summed E-state index contributed by atoms with van der Waals surface area (Å²) in [5.74, 6) is 2.30. The molecule has 7 nitrogen and oxygen atoms in total. The van der Waals surface area contributed by atoms with Gasteiger partial charge in [-0.05, 0) is 74.3 Å². The minimum Gasteiger partial charge on any atom is -0.352 e. The molecule has 0 bridgehead atoms. The molecule has 1 saturated heterocycles. The number of carbonyl (C=O) groups is 1. The molecule has 1 amide bonds. The normalized spacial score (nSPS) is 21.5. The zero-order valence-electron chi connectivity index (χ0n) is 20.7. The number of amides is 1. The van der Waals surface area contributed by atoms with Crippen molar-refractivity contribution in [2.24, 2.45) is 11.8 Å². The molecule has 1 aliphatic heterocycles. The summed E-state index contributed by atoms with van der Waals surface area (Å²) in [4.78, 5) is 27.1. The molecular weight excluding hydrogens is 460 g/mol. The summed E-state index contributed by atoms with van der Waals surface area (Å²) in [5, 5.41) is 20.5. The van der Waals surface area contributed by atoms with Crippen LogP contribution in [0.25, 0.3) is 22.0 Å². The fraction of sp³-hybridized carbons (Fsp3) is 0.433. The van der Waals surface area contributed by atoms with Crippen LogP contribution in [0.15, 0.2) is 36.4 Å². The van der Waals surface area contributed by atoms with Crippen molar-refractivity contribution >= 4 is 22.6 Å². The number of hydrogen-bond donors (Lipinski definition) is 0. The van der Waals surface area contributed by atoms with Crippen molar-refractivity contribution in [2.75, 3.05) is 24.5 Å². The van der Waals surface area contributed by atoms with E-state index in [9.17, 15) is 15.3 Å². The average molecular weight is 489 g/mol. The Morgan fingerprint density at radius 2 is 1.76 bits per heavy atom. The highest BCUT2D eigenvalue weighted by Gasteiger charge is 2.45. The number of piperazine rings is 1. The molecule has 0 N–H and O–H groups in total. The first-order chi connectivity index (χ1) is 18.1. The fourth-order valence-electron chi connectivity index (χ4n) is 5.90. The lowest BCUT2D eigenvalue weighted by Gasteiger charge is -2.43. The predicted octanol–water partition coefficient (Wildman–Crippen LogP) is 4.75. The van der Waals surface area contributed by atoms with Crippen LogP contribution in [0.1, 0.15) is 61.4 Å². The van der Waals surface area contributed by atoms with Gasteiger partial charge in [0.15, 0.2) is 0 Å². The van der Waals surface area contributed by atoms with Gasteiger partial charge in [0.1, 0.15) is 23.7 Å². The minimum atomic E-state index is 0.220. The van der Waals surface area contributed by atoms with Crippen molar-refractivity contribution < 1.29 is 4.79 Å². The Balaban J connectivity index is 1.28. The number of nitrogens with zero attached hydrogens (tertiary/aromatic N) is 6. The van der Waals surface area contributed by atoms with E-state index < -0.39 is 0 Å². The first-order valence-electron chi connectivity index (χ1n) is 13.5. The van der Waals surface area contributed by atoms with Crippen LogP contribution in [0.4, 0.5) is 5.82 Å². The maximum atomic E-state index is 13.0. The van der Waals surface area contributed by atoms with Gasteiger partial charge >= 0.3 is 0 Å². The van der Waals surface area contributed by atoms with Crippen LogP contribution in [0.2, 0.25) is 0 Å². The molecule has 3 heterocycles. The Bertz CT molecular complexity index is 1500. The van der Waals surface area contributed by atoms with Gasteiger partial charge in [0.2, 0.25) is 5.91 Å². The Labute approximate surface area is 216 Å². The van der Waals surface area contributed by atoms with Crippen LogP contribution in [-0.2, 0) is 4.79 Å². The van der Waals surface area contributed by atoms with Crippen LogP contribution in [0.5, 0.6) is 0 Å². The molecule has 3 aliphatic carbocycles. The number of nitriles is 2. The molecule has 1 aromatic carbocycles. The smallest absolute Gasteiger partial charge is 0.226 e. The largest absolute Gasteiger partial charge is 0.352 e. The number of carbonyl (C=O) groups excluding carboxylic acids is 1. The van der Waals surface area contributed by atoms with E-state index in [-0.39, 0.29) is 12.0 Å². The highest BCUT2D eigenvalue weighted by atomic mass is 16.2. The molecule has 3 aromatic rings. The summed E-state index contributed by atoms with van der Waals surface area (Å²) in [7, 11) is 0. The lowest BCUT2D eigenvalue weighted by Crippen LogP contribution is -2.57. The summed E-state index contributed by atoms with van der Waals surface area (Å²) in [6.45, 7) is 2.17. The summed E-state index contributed by atoms with van der Waals surface area (Å²) in [6, 6.07) is 16.4. The fourth-order valence-corrected chi connectivity index (χ4v) is 5.90. The second kappa shape index (κ2) is 8.56. The number of anilines is 1. The molecule has 0 unspecified atom stereocenters. The van der Waals surface area contributed by atoms with Crippen molar-refractivity contribution in [2.45, 2.75) is 50.5 Å². The predicted molar refractivity (Wildman–Crippen MR) is 140 cm³/mol. The van der Waals surface area contributed by atoms with Gasteiger partial charge < -0.3 is 9.80 Å². The van der Waals surface area contributed by atoms with E-state index in [2.05, 4.69) is 33.0 Å². The lowest BCUT2D eigenvalue weighted by molar-refractivity contribution is -0.135. The number of benzene rings is 1. The summed E-state index contributed by atoms with van der Waals surface area (Å²) in [5.41, 5.74) is 4.77. The zero-order valence-corrected chi connectivity index (χ0v) is 20.7. The molecule has 3 saturated carbocycles. The minimum absolute atomic E-state index is 0.220. The molecule has 4 fully saturated rings. The molecule has 7 rings (SSSR count). The van der Waals surface area contributed by atoms with Gasteiger partial charge in [-0.3, -0.25) is 4.79 Å². The van der Waals surface area contributed by atoms with Crippen molar-refractivity contribution in [1.82, 2.24) is 14.9 Å². The van der Waals surface area contributed by atoms with Crippen molar-refractivity contribution in [3.63, 3.8) is 0 Å².